The Balaban J connectivity index is 0. The molecule has 0 aromatic heterocycles. The molecule has 0 aromatic carbocycles. The Kier molecular flexibility index (Phi) is 10.5. The van der Waals surface area contributed by atoms with E-state index < -0.39 is 23.8 Å². The SMILES string of the molecule is CC(CC(=O)O)C(=O)O.CCCCC(=O)O. The van der Waals surface area contributed by atoms with Gasteiger partial charge in [-0.05, 0) is 6.42 Å². The Morgan fingerprint density at radius 1 is 1.06 bits per heavy atom. The third kappa shape index (κ3) is 14.9. The van der Waals surface area contributed by atoms with E-state index in [1.807, 2.05) is 6.92 Å². The van der Waals surface area contributed by atoms with E-state index in [9.17, 15) is 14.4 Å². The van der Waals surface area contributed by atoms with Crippen molar-refractivity contribution in [3.63, 3.8) is 0 Å². The van der Waals surface area contributed by atoms with Crippen molar-refractivity contribution in [3.8, 4) is 0 Å². The summed E-state index contributed by atoms with van der Waals surface area (Å²) >= 11 is 0. The van der Waals surface area contributed by atoms with Crippen LogP contribution in [0.2, 0.25) is 0 Å². The minimum atomic E-state index is -1.08. The molecule has 0 bridgehead atoms. The number of rotatable bonds is 6. The minimum Gasteiger partial charge on any atom is -0.481 e. The molecule has 3 N–H and O–H groups in total. The zero-order valence-corrected chi connectivity index (χ0v) is 9.47. The molecule has 0 aromatic rings. The Morgan fingerprint density at radius 3 is 1.69 bits per heavy atom. The predicted molar refractivity (Wildman–Crippen MR) is 56.2 cm³/mol. The topological polar surface area (TPSA) is 112 Å². The standard InChI is InChI=1S/C5H8O4.C5H10O2/c1-3(5(8)9)2-4(6)7;1-2-3-4-5(6)7/h3H,2H2,1H3,(H,6,7)(H,8,9);2-4H2,1H3,(H,6,7). The molecule has 0 aliphatic carbocycles. The zero-order valence-electron chi connectivity index (χ0n) is 9.47. The molecule has 0 rings (SSSR count). The van der Waals surface area contributed by atoms with E-state index in [0.29, 0.717) is 6.42 Å². The number of carboxylic acids is 3. The van der Waals surface area contributed by atoms with Gasteiger partial charge in [0.1, 0.15) is 0 Å². The average Bonchev–Trinajstić information content (AvgIpc) is 2.14. The van der Waals surface area contributed by atoms with E-state index in [0.717, 1.165) is 12.8 Å². The second kappa shape index (κ2) is 9.95. The number of carboxylic acid groups (broad SMARTS) is 3. The summed E-state index contributed by atoms with van der Waals surface area (Å²) in [5, 5.41) is 24.3. The van der Waals surface area contributed by atoms with Crippen molar-refractivity contribution >= 4 is 17.9 Å². The van der Waals surface area contributed by atoms with Crippen molar-refractivity contribution in [3.05, 3.63) is 0 Å². The fraction of sp³-hybridized carbons (Fsp3) is 0.700. The molecule has 0 aliphatic rings. The van der Waals surface area contributed by atoms with E-state index in [1.54, 1.807) is 0 Å². The molecule has 94 valence electrons. The third-order valence-electron chi connectivity index (χ3n) is 1.65. The lowest BCUT2D eigenvalue weighted by Crippen LogP contribution is -2.13. The molecule has 6 heteroatoms. The number of hydrogen-bond acceptors (Lipinski definition) is 3. The number of aliphatic carboxylic acids is 3. The van der Waals surface area contributed by atoms with Crippen molar-refractivity contribution in [2.75, 3.05) is 0 Å². The quantitative estimate of drug-likeness (QED) is 0.641. The van der Waals surface area contributed by atoms with Gasteiger partial charge >= 0.3 is 17.9 Å². The lowest BCUT2D eigenvalue weighted by Gasteiger charge is -1.98. The van der Waals surface area contributed by atoms with Crippen LogP contribution in [0.25, 0.3) is 0 Å². The first kappa shape index (κ1) is 16.8. The molecule has 0 radical (unpaired) electrons. The second-order valence-electron chi connectivity index (χ2n) is 3.33. The first-order valence-electron chi connectivity index (χ1n) is 4.97. The normalized spacial score (nSPS) is 10.9. The molecule has 16 heavy (non-hydrogen) atoms. The van der Waals surface area contributed by atoms with Gasteiger partial charge in [0.15, 0.2) is 0 Å². The summed E-state index contributed by atoms with van der Waals surface area (Å²) in [6.45, 7) is 3.33. The first-order valence-corrected chi connectivity index (χ1v) is 4.97. The molecular formula is C10H18O6. The van der Waals surface area contributed by atoms with Gasteiger partial charge in [0, 0.05) is 6.42 Å². The monoisotopic (exact) mass is 234 g/mol. The Bertz CT molecular complexity index is 235. The average molecular weight is 234 g/mol. The molecule has 0 spiro atoms. The van der Waals surface area contributed by atoms with E-state index in [2.05, 4.69) is 0 Å². The van der Waals surface area contributed by atoms with Crippen molar-refractivity contribution in [2.45, 2.75) is 39.5 Å². The Hall–Kier alpha value is -1.59. The highest BCUT2D eigenvalue weighted by molar-refractivity contribution is 5.77. The molecule has 1 atom stereocenters. The van der Waals surface area contributed by atoms with Gasteiger partial charge in [0.25, 0.3) is 0 Å². The summed E-state index contributed by atoms with van der Waals surface area (Å²) in [7, 11) is 0. The van der Waals surface area contributed by atoms with Crippen LogP contribution >= 0.6 is 0 Å². The summed E-state index contributed by atoms with van der Waals surface area (Å²) in [6.07, 6.45) is 1.77. The largest absolute Gasteiger partial charge is 0.481 e. The highest BCUT2D eigenvalue weighted by Gasteiger charge is 2.13. The van der Waals surface area contributed by atoms with E-state index in [4.69, 9.17) is 15.3 Å². The lowest BCUT2D eigenvalue weighted by molar-refractivity contribution is -0.147. The summed E-state index contributed by atoms with van der Waals surface area (Å²) in [5.74, 6) is -3.63. The van der Waals surface area contributed by atoms with Crippen LogP contribution in [-0.2, 0) is 14.4 Å². The van der Waals surface area contributed by atoms with Crippen molar-refractivity contribution in [1.29, 1.82) is 0 Å². The molecule has 1 unspecified atom stereocenters. The molecule has 6 nitrogen and oxygen atoms in total. The molecule has 0 aliphatic heterocycles. The molecule has 0 fully saturated rings. The maximum Gasteiger partial charge on any atom is 0.306 e. The first-order chi connectivity index (χ1) is 7.31. The van der Waals surface area contributed by atoms with Crippen LogP contribution in [0.4, 0.5) is 0 Å². The molecule has 0 heterocycles. The molecule has 0 amide bonds. The van der Waals surface area contributed by atoms with Gasteiger partial charge in [0.05, 0.1) is 12.3 Å². The van der Waals surface area contributed by atoms with Gasteiger partial charge in [-0.2, -0.15) is 0 Å². The van der Waals surface area contributed by atoms with Crippen molar-refractivity contribution in [2.24, 2.45) is 5.92 Å². The van der Waals surface area contributed by atoms with Crippen LogP contribution in [-0.4, -0.2) is 33.2 Å². The summed E-state index contributed by atoms with van der Waals surface area (Å²) in [6, 6.07) is 0. The summed E-state index contributed by atoms with van der Waals surface area (Å²) in [4.78, 5) is 29.6. The van der Waals surface area contributed by atoms with Crippen LogP contribution in [0.1, 0.15) is 39.5 Å². The maximum atomic E-state index is 9.97. The van der Waals surface area contributed by atoms with E-state index in [1.165, 1.54) is 6.92 Å². The zero-order chi connectivity index (χ0) is 13.1. The fourth-order valence-electron chi connectivity index (χ4n) is 0.677. The minimum absolute atomic E-state index is 0.310. The number of carbonyl (C=O) groups is 3. The maximum absolute atomic E-state index is 9.97. The van der Waals surface area contributed by atoms with Crippen LogP contribution in [0.5, 0.6) is 0 Å². The van der Waals surface area contributed by atoms with Gasteiger partial charge < -0.3 is 15.3 Å². The summed E-state index contributed by atoms with van der Waals surface area (Å²) in [5.41, 5.74) is 0. The second-order valence-corrected chi connectivity index (χ2v) is 3.33. The highest BCUT2D eigenvalue weighted by Crippen LogP contribution is 1.99. The summed E-state index contributed by atoms with van der Waals surface area (Å²) < 4.78 is 0. The van der Waals surface area contributed by atoms with Gasteiger partial charge in [0.2, 0.25) is 0 Å². The third-order valence-corrected chi connectivity index (χ3v) is 1.65. The lowest BCUT2D eigenvalue weighted by atomic mass is 10.1. The van der Waals surface area contributed by atoms with Crippen LogP contribution in [0.15, 0.2) is 0 Å². The molecule has 0 saturated carbocycles. The van der Waals surface area contributed by atoms with Crippen molar-refractivity contribution < 1.29 is 29.7 Å². The highest BCUT2D eigenvalue weighted by atomic mass is 16.4. The molecular weight excluding hydrogens is 216 g/mol. The van der Waals surface area contributed by atoms with Crippen molar-refractivity contribution in [1.82, 2.24) is 0 Å². The Labute approximate surface area is 93.9 Å². The number of hydrogen-bond donors (Lipinski definition) is 3. The van der Waals surface area contributed by atoms with E-state index in [-0.39, 0.29) is 6.42 Å². The van der Waals surface area contributed by atoms with Gasteiger partial charge in [-0.15, -0.1) is 0 Å². The Morgan fingerprint density at radius 2 is 1.56 bits per heavy atom. The van der Waals surface area contributed by atoms with Crippen LogP contribution < -0.4 is 0 Å². The smallest absolute Gasteiger partial charge is 0.306 e. The fourth-order valence-corrected chi connectivity index (χ4v) is 0.677. The predicted octanol–water partition coefficient (Wildman–Crippen LogP) is 1.44. The van der Waals surface area contributed by atoms with Gasteiger partial charge in [-0.25, -0.2) is 0 Å². The van der Waals surface area contributed by atoms with Gasteiger partial charge in [-0.1, -0.05) is 20.3 Å². The van der Waals surface area contributed by atoms with Crippen LogP contribution in [0.3, 0.4) is 0 Å². The van der Waals surface area contributed by atoms with Crippen LogP contribution in [0, 0.1) is 5.92 Å². The van der Waals surface area contributed by atoms with E-state index >= 15 is 0 Å². The number of unbranched alkanes of at least 4 members (excludes halogenated alkanes) is 1. The molecule has 0 saturated heterocycles. The van der Waals surface area contributed by atoms with Gasteiger partial charge in [-0.3, -0.25) is 14.4 Å².